The minimum Gasteiger partial charge on any atom is -0.394 e. The summed E-state index contributed by atoms with van der Waals surface area (Å²) in [7, 11) is 0. The largest absolute Gasteiger partial charge is 0.394 e. The Hall–Kier alpha value is -1.41. The highest BCUT2D eigenvalue weighted by molar-refractivity contribution is 5.80. The molecule has 1 heterocycles. The molecule has 1 rings (SSSR count). The van der Waals surface area contributed by atoms with Crippen LogP contribution in [0.1, 0.15) is 335 Å². The third kappa shape index (κ3) is 44.7. The van der Waals surface area contributed by atoms with Gasteiger partial charge < -0.3 is 50.5 Å². The Morgan fingerprint density at radius 1 is 0.430 bits per heavy atom. The predicted octanol–water partition coefficient (Wildman–Crippen LogP) is 16.0. The second kappa shape index (κ2) is 57.0. The Kier molecular flexibility index (Phi) is 54.6. The Balaban J connectivity index is 2.13. The third-order valence-electron chi connectivity index (χ3n) is 16.7. The van der Waals surface area contributed by atoms with Crippen molar-refractivity contribution >= 4 is 5.91 Å². The summed E-state index contributed by atoms with van der Waals surface area (Å²) in [6.07, 6.45) is 60.0. The van der Waals surface area contributed by atoms with Crippen molar-refractivity contribution in [3.8, 4) is 0 Å². The van der Waals surface area contributed by atoms with E-state index in [9.17, 15) is 40.5 Å². The molecule has 8 N–H and O–H groups in total. The van der Waals surface area contributed by atoms with E-state index in [1.807, 2.05) is 0 Å². The Labute approximate surface area is 486 Å². The summed E-state index contributed by atoms with van der Waals surface area (Å²) in [5, 5.41) is 76.2. The van der Waals surface area contributed by atoms with Crippen molar-refractivity contribution in [3.63, 3.8) is 0 Å². The number of amides is 1. The van der Waals surface area contributed by atoms with Crippen LogP contribution in [-0.2, 0) is 14.3 Å². The summed E-state index contributed by atoms with van der Waals surface area (Å²) in [6, 6.07) is -1.19. The normalized spacial score (nSPS) is 19.4. The van der Waals surface area contributed by atoms with Crippen molar-refractivity contribution in [1.82, 2.24) is 5.32 Å². The zero-order valence-corrected chi connectivity index (χ0v) is 51.6. The molecule has 1 saturated heterocycles. The van der Waals surface area contributed by atoms with Gasteiger partial charge in [-0.25, -0.2) is 0 Å². The lowest BCUT2D eigenvalue weighted by molar-refractivity contribution is -0.303. The molecule has 1 aliphatic heterocycles. The van der Waals surface area contributed by atoms with Gasteiger partial charge in [0.05, 0.1) is 25.4 Å². The van der Waals surface area contributed by atoms with Gasteiger partial charge in [0.1, 0.15) is 36.6 Å². The van der Waals surface area contributed by atoms with Crippen molar-refractivity contribution in [2.24, 2.45) is 0 Å². The maximum Gasteiger partial charge on any atom is 0.249 e. The molecule has 1 fully saturated rings. The molecule has 9 unspecified atom stereocenters. The van der Waals surface area contributed by atoms with Crippen molar-refractivity contribution < 1.29 is 50.0 Å². The topological polar surface area (TPSA) is 189 Å². The summed E-state index contributed by atoms with van der Waals surface area (Å²) in [6.45, 7) is 3.47. The molecular formula is C68H131NO10. The Morgan fingerprint density at radius 2 is 0.759 bits per heavy atom. The Bertz CT molecular complexity index is 1330. The molecule has 0 aromatic heterocycles. The maximum absolute atomic E-state index is 13.2. The number of hydrogen-bond acceptors (Lipinski definition) is 10. The lowest BCUT2D eigenvalue weighted by Gasteiger charge is -2.40. The van der Waals surface area contributed by atoms with Crippen molar-refractivity contribution in [2.75, 3.05) is 13.2 Å². The second-order valence-corrected chi connectivity index (χ2v) is 24.2. The van der Waals surface area contributed by atoms with Crippen LogP contribution in [0.2, 0.25) is 0 Å². The number of carbonyl (C=O) groups is 1. The Morgan fingerprint density at radius 3 is 1.13 bits per heavy atom. The predicted molar refractivity (Wildman–Crippen MR) is 330 cm³/mol. The van der Waals surface area contributed by atoms with Crippen LogP contribution in [0.3, 0.4) is 0 Å². The molecule has 1 amide bonds. The van der Waals surface area contributed by atoms with Crippen molar-refractivity contribution in [3.05, 3.63) is 24.3 Å². The van der Waals surface area contributed by atoms with E-state index in [4.69, 9.17) is 9.47 Å². The molecule has 0 aromatic carbocycles. The average Bonchev–Trinajstić information content (AvgIpc) is 3.46. The van der Waals surface area contributed by atoms with Gasteiger partial charge in [-0.05, 0) is 51.4 Å². The SMILES string of the molecule is CCCCCCCCC/C=C/CC/C=C/CCCC(O)C(O)C(COC1OC(CO)C(O)C(O)C1O)NC(=O)C(O)CCCCCCCCCCCCCCCCCCCCCCCCCCCCCCCCCCCCCC. The van der Waals surface area contributed by atoms with Crippen LogP contribution in [0.5, 0.6) is 0 Å². The van der Waals surface area contributed by atoms with Gasteiger partial charge in [0.2, 0.25) is 5.91 Å². The summed E-state index contributed by atoms with van der Waals surface area (Å²) >= 11 is 0. The average molecular weight is 1120 g/mol. The molecule has 9 atom stereocenters. The second-order valence-electron chi connectivity index (χ2n) is 24.2. The van der Waals surface area contributed by atoms with E-state index < -0.39 is 74.2 Å². The number of nitrogens with one attached hydrogen (secondary N) is 1. The minimum absolute atomic E-state index is 0.249. The molecule has 468 valence electrons. The standard InChI is InChI=1S/C68H131NO10/c1-3-5-7-9-11-13-15-17-19-21-22-23-24-25-26-27-28-29-30-31-32-33-34-35-36-37-38-39-40-42-44-46-48-50-52-54-56-61(72)67(77)69-59(58-78-68-66(76)65(75)64(74)62(57-70)79-68)63(73)60(71)55-53-51-49-47-45-43-41-20-18-16-14-12-10-8-6-4-2/h20,41,47,49,59-66,68,70-76H,3-19,21-40,42-46,48,50-58H2,1-2H3,(H,69,77)/b41-20+,49-47+. The van der Waals surface area contributed by atoms with E-state index in [1.54, 1.807) is 0 Å². The van der Waals surface area contributed by atoms with Crippen LogP contribution in [0.15, 0.2) is 24.3 Å². The van der Waals surface area contributed by atoms with Crippen LogP contribution in [0.4, 0.5) is 0 Å². The number of unbranched alkanes of at least 4 members (excludes halogenated alkanes) is 44. The molecule has 11 heteroatoms. The van der Waals surface area contributed by atoms with Gasteiger partial charge in [-0.3, -0.25) is 4.79 Å². The molecule has 0 aromatic rings. The molecule has 0 spiro atoms. The van der Waals surface area contributed by atoms with E-state index in [2.05, 4.69) is 43.5 Å². The summed E-state index contributed by atoms with van der Waals surface area (Å²) in [4.78, 5) is 13.2. The first kappa shape index (κ1) is 75.6. The third-order valence-corrected chi connectivity index (χ3v) is 16.7. The number of rotatable bonds is 60. The van der Waals surface area contributed by atoms with Gasteiger partial charge in [-0.15, -0.1) is 0 Å². The highest BCUT2D eigenvalue weighted by atomic mass is 16.7. The molecule has 0 aliphatic carbocycles. The van der Waals surface area contributed by atoms with E-state index in [0.717, 1.165) is 38.5 Å². The summed E-state index contributed by atoms with van der Waals surface area (Å²) < 4.78 is 11.1. The monoisotopic (exact) mass is 1120 g/mol. The number of hydrogen-bond donors (Lipinski definition) is 8. The fourth-order valence-corrected chi connectivity index (χ4v) is 11.2. The minimum atomic E-state index is -1.67. The maximum atomic E-state index is 13.2. The first-order valence-corrected chi connectivity index (χ1v) is 34.2. The highest BCUT2D eigenvalue weighted by Crippen LogP contribution is 2.24. The van der Waals surface area contributed by atoms with Crippen LogP contribution < -0.4 is 5.32 Å². The zero-order valence-electron chi connectivity index (χ0n) is 51.6. The fraction of sp³-hybridized carbons (Fsp3) is 0.926. The van der Waals surface area contributed by atoms with Crippen LogP contribution in [0.25, 0.3) is 0 Å². The highest BCUT2D eigenvalue weighted by Gasteiger charge is 2.44. The van der Waals surface area contributed by atoms with Crippen molar-refractivity contribution in [1.29, 1.82) is 0 Å². The summed E-state index contributed by atoms with van der Waals surface area (Å²) in [5.74, 6) is -0.704. The zero-order chi connectivity index (χ0) is 57.5. The molecule has 0 radical (unpaired) electrons. The number of carbonyl (C=O) groups excluding carboxylic acids is 1. The van der Waals surface area contributed by atoms with E-state index in [1.165, 1.54) is 250 Å². The van der Waals surface area contributed by atoms with Crippen LogP contribution in [-0.4, -0.2) is 110 Å². The van der Waals surface area contributed by atoms with Gasteiger partial charge in [-0.1, -0.05) is 308 Å². The fourth-order valence-electron chi connectivity index (χ4n) is 11.2. The quantitative estimate of drug-likeness (QED) is 0.0215. The van der Waals surface area contributed by atoms with Crippen LogP contribution >= 0.6 is 0 Å². The van der Waals surface area contributed by atoms with E-state index >= 15 is 0 Å². The lowest BCUT2D eigenvalue weighted by Crippen LogP contribution is -2.60. The molecule has 1 aliphatic rings. The molecule has 11 nitrogen and oxygen atoms in total. The van der Waals surface area contributed by atoms with Crippen molar-refractivity contribution in [2.45, 2.75) is 390 Å². The van der Waals surface area contributed by atoms with E-state index in [-0.39, 0.29) is 12.8 Å². The first-order valence-electron chi connectivity index (χ1n) is 34.2. The smallest absolute Gasteiger partial charge is 0.249 e. The number of ether oxygens (including phenoxy) is 2. The first-order chi connectivity index (χ1) is 38.7. The van der Waals surface area contributed by atoms with Gasteiger partial charge in [-0.2, -0.15) is 0 Å². The lowest BCUT2D eigenvalue weighted by atomic mass is 9.98. The molecule has 0 bridgehead atoms. The van der Waals surface area contributed by atoms with E-state index in [0.29, 0.717) is 19.3 Å². The van der Waals surface area contributed by atoms with Gasteiger partial charge >= 0.3 is 0 Å². The van der Waals surface area contributed by atoms with Gasteiger partial charge in [0, 0.05) is 0 Å². The number of aliphatic hydroxyl groups is 7. The molecule has 79 heavy (non-hydrogen) atoms. The van der Waals surface area contributed by atoms with Gasteiger partial charge in [0.25, 0.3) is 0 Å². The number of allylic oxidation sites excluding steroid dienone is 4. The van der Waals surface area contributed by atoms with Gasteiger partial charge in [0.15, 0.2) is 6.29 Å². The molecular weight excluding hydrogens is 991 g/mol. The number of aliphatic hydroxyl groups excluding tert-OH is 7. The molecule has 0 saturated carbocycles. The van der Waals surface area contributed by atoms with Crippen LogP contribution in [0, 0.1) is 0 Å². The summed E-state index contributed by atoms with van der Waals surface area (Å²) in [5.41, 5.74) is 0.